The molecule has 0 unspecified atom stereocenters. The van der Waals surface area contributed by atoms with Crippen LogP contribution in [0.15, 0.2) is 0 Å². The van der Waals surface area contributed by atoms with Gasteiger partial charge in [0.2, 0.25) is 0 Å². The van der Waals surface area contributed by atoms with Crippen LogP contribution in [0.1, 0.15) is 149 Å². The van der Waals surface area contributed by atoms with Gasteiger partial charge in [0.05, 0.1) is 0 Å². The van der Waals surface area contributed by atoms with Crippen LogP contribution < -0.4 is 11.3 Å². The molecule has 0 saturated carbocycles. The third kappa shape index (κ3) is 29.6. The fraction of sp³-hybridized carbons (Fsp3) is 0.962. The van der Waals surface area contributed by atoms with E-state index in [1.165, 1.54) is 109 Å². The van der Waals surface area contributed by atoms with Crippen LogP contribution in [-0.2, 0) is 4.79 Å². The third-order valence-corrected chi connectivity index (χ3v) is 5.79. The third-order valence-electron chi connectivity index (χ3n) is 5.79. The van der Waals surface area contributed by atoms with Gasteiger partial charge in [0, 0.05) is 13.0 Å². The molecule has 0 aliphatic heterocycles. The fourth-order valence-corrected chi connectivity index (χ4v) is 3.98. The first-order valence-corrected chi connectivity index (χ1v) is 13.3. The Bertz CT molecular complexity index is 310. The highest BCUT2D eigenvalue weighted by Gasteiger charge is 2.03. The number of hydrogen-bond acceptors (Lipinski definition) is 3. The van der Waals surface area contributed by atoms with Crippen LogP contribution in [0.25, 0.3) is 0 Å². The van der Waals surface area contributed by atoms with Crippen LogP contribution in [0.2, 0.25) is 0 Å². The van der Waals surface area contributed by atoms with Crippen molar-refractivity contribution >= 4 is 5.97 Å². The molecular weight excluding hydrogens is 372 g/mol. The van der Waals surface area contributed by atoms with E-state index in [1.54, 1.807) is 0 Å². The van der Waals surface area contributed by atoms with E-state index < -0.39 is 5.97 Å². The van der Waals surface area contributed by atoms with E-state index in [-0.39, 0.29) is 0 Å². The highest BCUT2D eigenvalue weighted by molar-refractivity contribution is 5.66. The molecule has 0 fully saturated rings. The molecule has 30 heavy (non-hydrogen) atoms. The van der Waals surface area contributed by atoms with Gasteiger partial charge in [0.25, 0.3) is 0 Å². The summed E-state index contributed by atoms with van der Waals surface area (Å²) in [6.45, 7) is 7.69. The van der Waals surface area contributed by atoms with Crippen LogP contribution in [0.4, 0.5) is 0 Å². The number of rotatable bonds is 22. The van der Waals surface area contributed by atoms with E-state index in [1.807, 2.05) is 0 Å². The lowest BCUT2D eigenvalue weighted by Crippen LogP contribution is -2.28. The lowest BCUT2D eigenvalue weighted by molar-refractivity contribution is -0.137. The molecule has 0 rings (SSSR count). The van der Waals surface area contributed by atoms with E-state index in [0.29, 0.717) is 6.42 Å². The number of carbonyl (C=O) groups is 1. The Balaban J connectivity index is 0. The monoisotopic (exact) mass is 428 g/mol. The number of hydrazine groups is 1. The molecule has 0 aliphatic rings. The van der Waals surface area contributed by atoms with Crippen molar-refractivity contribution < 1.29 is 9.90 Å². The van der Waals surface area contributed by atoms with Gasteiger partial charge in [-0.1, -0.05) is 124 Å². The maximum absolute atomic E-state index is 10.3. The normalized spacial score (nSPS) is 10.8. The zero-order valence-corrected chi connectivity index (χ0v) is 20.9. The van der Waals surface area contributed by atoms with Crippen LogP contribution >= 0.6 is 0 Å². The summed E-state index contributed by atoms with van der Waals surface area (Å²) in [7, 11) is 0. The summed E-state index contributed by atoms with van der Waals surface area (Å²) in [6, 6.07) is 0. The predicted octanol–water partition coefficient (Wildman–Crippen LogP) is 8.00. The average Bonchev–Trinajstić information content (AvgIpc) is 2.72. The summed E-state index contributed by atoms with van der Waals surface area (Å²) in [5.41, 5.74) is 2.74. The van der Waals surface area contributed by atoms with Crippen molar-refractivity contribution in [1.82, 2.24) is 5.43 Å². The van der Waals surface area contributed by atoms with Crippen LogP contribution in [0, 0.1) is 5.92 Å². The molecule has 0 atom stereocenters. The molecule has 0 amide bonds. The summed E-state index contributed by atoms with van der Waals surface area (Å²) in [5.74, 6) is 5.38. The van der Waals surface area contributed by atoms with E-state index in [0.717, 1.165) is 25.3 Å². The highest BCUT2D eigenvalue weighted by atomic mass is 16.4. The molecule has 0 heterocycles. The molecule has 4 heteroatoms. The van der Waals surface area contributed by atoms with Crippen LogP contribution in [0.3, 0.4) is 0 Å². The number of hydrogen-bond donors (Lipinski definition) is 3. The first kappa shape index (κ1) is 31.6. The summed E-state index contributed by atoms with van der Waals surface area (Å²) in [5, 5.41) is 8.52. The van der Waals surface area contributed by atoms with Gasteiger partial charge in [-0.05, 0) is 25.2 Å². The van der Waals surface area contributed by atoms with Gasteiger partial charge in [0.15, 0.2) is 0 Å². The van der Waals surface area contributed by atoms with Gasteiger partial charge < -0.3 is 5.11 Å². The van der Waals surface area contributed by atoms with Gasteiger partial charge in [0.1, 0.15) is 0 Å². The lowest BCUT2D eigenvalue weighted by Gasteiger charge is -2.13. The van der Waals surface area contributed by atoms with Gasteiger partial charge >= 0.3 is 5.97 Å². The van der Waals surface area contributed by atoms with Crippen LogP contribution in [0.5, 0.6) is 0 Å². The number of unbranched alkanes of at least 4 members (excludes halogenated alkanes) is 14. The summed E-state index contributed by atoms with van der Waals surface area (Å²) >= 11 is 0. The molecule has 0 bridgehead atoms. The Morgan fingerprint density at radius 1 is 0.667 bits per heavy atom. The number of nitrogens with two attached hydrogens (primary N) is 1. The Labute approximate surface area is 189 Å². The SMILES string of the molecule is CCCC(CCC)CNN.CCCCCCCCCCCCCCCCCC(=O)O. The minimum absolute atomic E-state index is 0.345. The van der Waals surface area contributed by atoms with Gasteiger partial charge in [-0.3, -0.25) is 16.1 Å². The van der Waals surface area contributed by atoms with E-state index >= 15 is 0 Å². The van der Waals surface area contributed by atoms with Crippen molar-refractivity contribution in [2.75, 3.05) is 6.54 Å². The van der Waals surface area contributed by atoms with Crippen molar-refractivity contribution in [3.05, 3.63) is 0 Å². The van der Waals surface area contributed by atoms with Crippen molar-refractivity contribution in [1.29, 1.82) is 0 Å². The van der Waals surface area contributed by atoms with Crippen molar-refractivity contribution in [2.24, 2.45) is 11.8 Å². The molecule has 0 radical (unpaired) electrons. The lowest BCUT2D eigenvalue weighted by atomic mass is 9.99. The molecule has 0 aliphatic carbocycles. The van der Waals surface area contributed by atoms with E-state index in [4.69, 9.17) is 10.9 Å². The molecule has 0 aromatic carbocycles. The van der Waals surface area contributed by atoms with Crippen molar-refractivity contribution in [3.8, 4) is 0 Å². The first-order chi connectivity index (χ1) is 14.6. The molecule has 182 valence electrons. The minimum atomic E-state index is -0.653. The summed E-state index contributed by atoms with van der Waals surface area (Å²) in [6.07, 6.45) is 25.3. The quantitative estimate of drug-likeness (QED) is 0.0927. The minimum Gasteiger partial charge on any atom is -0.481 e. The van der Waals surface area contributed by atoms with E-state index in [2.05, 4.69) is 26.2 Å². The number of carboxylic acids is 1. The maximum atomic E-state index is 10.3. The predicted molar refractivity (Wildman–Crippen MR) is 133 cm³/mol. The Morgan fingerprint density at radius 2 is 1.03 bits per heavy atom. The van der Waals surface area contributed by atoms with Crippen LogP contribution in [-0.4, -0.2) is 17.6 Å². The molecule has 0 saturated heterocycles. The fourth-order valence-electron chi connectivity index (χ4n) is 3.98. The number of aliphatic carboxylic acids is 1. The van der Waals surface area contributed by atoms with Gasteiger partial charge in [-0.2, -0.15) is 0 Å². The second-order valence-electron chi connectivity index (χ2n) is 8.95. The number of carboxylic acid groups (broad SMARTS) is 1. The van der Waals surface area contributed by atoms with Crippen molar-refractivity contribution in [2.45, 2.75) is 149 Å². The first-order valence-electron chi connectivity index (χ1n) is 13.3. The average molecular weight is 429 g/mol. The molecule has 0 aromatic rings. The summed E-state index contributed by atoms with van der Waals surface area (Å²) < 4.78 is 0. The van der Waals surface area contributed by atoms with E-state index in [9.17, 15) is 4.79 Å². The Morgan fingerprint density at radius 3 is 1.33 bits per heavy atom. The Hall–Kier alpha value is -0.610. The van der Waals surface area contributed by atoms with Crippen molar-refractivity contribution in [3.63, 3.8) is 0 Å². The van der Waals surface area contributed by atoms with Gasteiger partial charge in [-0.15, -0.1) is 0 Å². The largest absolute Gasteiger partial charge is 0.481 e. The zero-order valence-electron chi connectivity index (χ0n) is 20.9. The topological polar surface area (TPSA) is 75.3 Å². The standard InChI is InChI=1S/C18H36O2.C8H20N2/c1-2-3-4-5-6-7-8-9-10-11-12-13-14-15-16-17-18(19)20;1-3-5-8(6-4-2)7-10-9/h2-17H2,1H3,(H,19,20);8,10H,3-7,9H2,1-2H3. The summed E-state index contributed by atoms with van der Waals surface area (Å²) in [4.78, 5) is 10.3. The zero-order chi connectivity index (χ0) is 22.7. The smallest absolute Gasteiger partial charge is 0.303 e. The van der Waals surface area contributed by atoms with Gasteiger partial charge in [-0.25, -0.2) is 0 Å². The highest BCUT2D eigenvalue weighted by Crippen LogP contribution is 2.14. The molecule has 0 aromatic heterocycles. The second-order valence-corrected chi connectivity index (χ2v) is 8.95. The molecule has 4 nitrogen and oxygen atoms in total. The maximum Gasteiger partial charge on any atom is 0.303 e. The second kappa shape index (κ2) is 28.4. The Kier molecular flexibility index (Phi) is 29.9. The molecule has 0 spiro atoms. The molecular formula is C26H56N2O2. The molecule has 4 N–H and O–H groups in total. The number of nitrogens with one attached hydrogen (secondary N) is 1.